The molecule has 3 heteroatoms. The maximum Gasteiger partial charge on any atom is 0.260 e. The molecule has 0 aliphatic heterocycles. The molecule has 0 saturated carbocycles. The minimum absolute atomic E-state index is 0.0686. The Morgan fingerprint density at radius 1 is 1.18 bits per heavy atom. The summed E-state index contributed by atoms with van der Waals surface area (Å²) >= 11 is 0. The van der Waals surface area contributed by atoms with Gasteiger partial charge in [-0.2, -0.15) is 0 Å². The molecule has 0 aromatic rings. The normalized spacial score (nSPS) is 13.6. The van der Waals surface area contributed by atoms with Gasteiger partial charge in [0.25, 0.3) is 5.92 Å². The third-order valence-corrected chi connectivity index (χ3v) is 1.22. The van der Waals surface area contributed by atoms with Crippen LogP contribution in [0.25, 0.3) is 0 Å². The lowest BCUT2D eigenvalue weighted by Gasteiger charge is -2.25. The lowest BCUT2D eigenvalue weighted by atomic mass is 9.89. The summed E-state index contributed by atoms with van der Waals surface area (Å²) in [5, 5.41) is 2.48. The van der Waals surface area contributed by atoms with Crippen molar-refractivity contribution in [3.63, 3.8) is 0 Å². The Labute approximate surface area is 67.2 Å². The van der Waals surface area contributed by atoms with Crippen LogP contribution >= 0.6 is 0 Å². The lowest BCUT2D eigenvalue weighted by molar-refractivity contribution is -0.0322. The number of halogens is 2. The highest BCUT2D eigenvalue weighted by atomic mass is 19.3. The van der Waals surface area contributed by atoms with E-state index in [9.17, 15) is 8.78 Å². The molecule has 0 radical (unpaired) electrons. The molecule has 0 spiro atoms. The van der Waals surface area contributed by atoms with Gasteiger partial charge in [0, 0.05) is 6.42 Å². The Morgan fingerprint density at radius 2 is 1.64 bits per heavy atom. The molecular weight excluding hydrogens is 148 g/mol. The summed E-state index contributed by atoms with van der Waals surface area (Å²) in [7, 11) is 1.54. The van der Waals surface area contributed by atoms with E-state index in [2.05, 4.69) is 5.32 Å². The van der Waals surface area contributed by atoms with Gasteiger partial charge in [-0.3, -0.25) is 0 Å². The molecule has 0 aromatic carbocycles. The van der Waals surface area contributed by atoms with Crippen LogP contribution in [0.3, 0.4) is 0 Å². The third-order valence-electron chi connectivity index (χ3n) is 1.22. The molecule has 0 bridgehead atoms. The molecule has 0 heterocycles. The highest BCUT2D eigenvalue weighted by Gasteiger charge is 2.33. The summed E-state index contributed by atoms with van der Waals surface area (Å²) in [5.41, 5.74) is -0.305. The first-order valence-electron chi connectivity index (χ1n) is 3.79. The zero-order chi connectivity index (χ0) is 9.12. The van der Waals surface area contributed by atoms with Crippen LogP contribution in [0.5, 0.6) is 0 Å². The van der Waals surface area contributed by atoms with Crippen molar-refractivity contribution in [3.05, 3.63) is 0 Å². The molecule has 0 amide bonds. The van der Waals surface area contributed by atoms with Crippen LogP contribution in [0.1, 0.15) is 27.2 Å². The molecular formula is C8H17F2N. The van der Waals surface area contributed by atoms with Crippen LogP contribution in [0.15, 0.2) is 0 Å². The summed E-state index contributed by atoms with van der Waals surface area (Å²) in [6.45, 7) is 5.22. The van der Waals surface area contributed by atoms with E-state index in [0.717, 1.165) is 0 Å². The summed E-state index contributed by atoms with van der Waals surface area (Å²) in [5.74, 6) is -2.58. The summed E-state index contributed by atoms with van der Waals surface area (Å²) in [4.78, 5) is 0. The monoisotopic (exact) mass is 165 g/mol. The molecule has 0 saturated heterocycles. The Kier molecular flexibility index (Phi) is 3.42. The van der Waals surface area contributed by atoms with Gasteiger partial charge in [0.15, 0.2) is 0 Å². The van der Waals surface area contributed by atoms with Crippen LogP contribution in [-0.2, 0) is 0 Å². The van der Waals surface area contributed by atoms with Crippen molar-refractivity contribution >= 4 is 0 Å². The van der Waals surface area contributed by atoms with Crippen molar-refractivity contribution in [2.24, 2.45) is 5.41 Å². The Hall–Kier alpha value is -0.180. The molecule has 68 valence electrons. The topological polar surface area (TPSA) is 12.0 Å². The SMILES string of the molecule is CNCC(F)(F)CC(C)(C)C. The Bertz CT molecular complexity index is 116. The minimum atomic E-state index is -2.58. The van der Waals surface area contributed by atoms with E-state index in [1.54, 1.807) is 0 Å². The molecule has 11 heavy (non-hydrogen) atoms. The number of nitrogens with one attached hydrogen (secondary N) is 1. The van der Waals surface area contributed by atoms with Gasteiger partial charge in [0.1, 0.15) is 0 Å². The summed E-state index contributed by atoms with van der Waals surface area (Å²) < 4.78 is 25.7. The first kappa shape index (κ1) is 10.8. The molecule has 0 aromatic heterocycles. The van der Waals surface area contributed by atoms with Crippen molar-refractivity contribution in [2.75, 3.05) is 13.6 Å². The maximum atomic E-state index is 12.9. The molecule has 0 rings (SSSR count). The fourth-order valence-corrected chi connectivity index (χ4v) is 1.10. The molecule has 1 nitrogen and oxygen atoms in total. The van der Waals surface area contributed by atoms with Crippen molar-refractivity contribution in [1.82, 2.24) is 5.32 Å². The van der Waals surface area contributed by atoms with E-state index in [1.807, 2.05) is 20.8 Å². The van der Waals surface area contributed by atoms with Gasteiger partial charge >= 0.3 is 0 Å². The lowest BCUT2D eigenvalue weighted by Crippen LogP contribution is -2.34. The van der Waals surface area contributed by atoms with Gasteiger partial charge in [-0.25, -0.2) is 8.78 Å². The fraction of sp³-hybridized carbons (Fsp3) is 1.00. The molecule has 0 fully saturated rings. The molecule has 0 aliphatic carbocycles. The number of hydrogen-bond donors (Lipinski definition) is 1. The maximum absolute atomic E-state index is 12.9. The van der Waals surface area contributed by atoms with Crippen LogP contribution in [0, 0.1) is 5.41 Å². The Balaban J connectivity index is 3.91. The zero-order valence-corrected chi connectivity index (χ0v) is 7.67. The van der Waals surface area contributed by atoms with Crippen LogP contribution in [0.2, 0.25) is 0 Å². The fourth-order valence-electron chi connectivity index (χ4n) is 1.10. The third kappa shape index (κ3) is 6.23. The summed E-state index contributed by atoms with van der Waals surface area (Å²) in [6.07, 6.45) is -0.0686. The molecule has 1 N–H and O–H groups in total. The van der Waals surface area contributed by atoms with Crippen molar-refractivity contribution < 1.29 is 8.78 Å². The van der Waals surface area contributed by atoms with Crippen LogP contribution < -0.4 is 5.32 Å². The quantitative estimate of drug-likeness (QED) is 0.676. The van der Waals surface area contributed by atoms with E-state index < -0.39 is 5.92 Å². The van der Waals surface area contributed by atoms with E-state index in [-0.39, 0.29) is 18.4 Å². The van der Waals surface area contributed by atoms with Crippen molar-refractivity contribution in [1.29, 1.82) is 0 Å². The predicted octanol–water partition coefficient (Wildman–Crippen LogP) is 2.28. The van der Waals surface area contributed by atoms with E-state index in [4.69, 9.17) is 0 Å². The summed E-state index contributed by atoms with van der Waals surface area (Å²) in [6, 6.07) is 0. The number of alkyl halides is 2. The largest absolute Gasteiger partial charge is 0.314 e. The molecule has 0 unspecified atom stereocenters. The smallest absolute Gasteiger partial charge is 0.260 e. The highest BCUT2D eigenvalue weighted by molar-refractivity contribution is 4.76. The van der Waals surface area contributed by atoms with Gasteiger partial charge in [-0.1, -0.05) is 20.8 Å². The van der Waals surface area contributed by atoms with Crippen molar-refractivity contribution in [3.8, 4) is 0 Å². The first-order chi connectivity index (χ1) is 4.77. The van der Waals surface area contributed by atoms with Gasteiger partial charge in [-0.05, 0) is 12.5 Å². The first-order valence-corrected chi connectivity index (χ1v) is 3.79. The van der Waals surface area contributed by atoms with Crippen LogP contribution in [0.4, 0.5) is 8.78 Å². The predicted molar refractivity (Wildman–Crippen MR) is 42.9 cm³/mol. The van der Waals surface area contributed by atoms with E-state index >= 15 is 0 Å². The van der Waals surface area contributed by atoms with E-state index in [0.29, 0.717) is 0 Å². The van der Waals surface area contributed by atoms with Gasteiger partial charge in [0.05, 0.1) is 6.54 Å². The highest BCUT2D eigenvalue weighted by Crippen LogP contribution is 2.30. The van der Waals surface area contributed by atoms with Crippen molar-refractivity contribution in [2.45, 2.75) is 33.1 Å². The van der Waals surface area contributed by atoms with Crippen LogP contribution in [-0.4, -0.2) is 19.5 Å². The Morgan fingerprint density at radius 3 is 1.91 bits per heavy atom. The van der Waals surface area contributed by atoms with Gasteiger partial charge < -0.3 is 5.32 Å². The standard InChI is InChI=1S/C8H17F2N/c1-7(2,3)5-8(9,10)6-11-4/h11H,5-6H2,1-4H3. The number of rotatable bonds is 3. The second-order valence-electron chi connectivity index (χ2n) is 4.12. The zero-order valence-electron chi connectivity index (χ0n) is 7.67. The molecule has 0 atom stereocenters. The molecule has 0 aliphatic rings. The van der Waals surface area contributed by atoms with Gasteiger partial charge in [0.2, 0.25) is 0 Å². The van der Waals surface area contributed by atoms with Gasteiger partial charge in [-0.15, -0.1) is 0 Å². The second-order valence-corrected chi connectivity index (χ2v) is 4.12. The average Bonchev–Trinajstić information content (AvgIpc) is 1.55. The van der Waals surface area contributed by atoms with E-state index in [1.165, 1.54) is 7.05 Å². The second kappa shape index (κ2) is 3.48. The number of hydrogen-bond acceptors (Lipinski definition) is 1. The average molecular weight is 165 g/mol. The minimum Gasteiger partial charge on any atom is -0.314 e.